The summed E-state index contributed by atoms with van der Waals surface area (Å²) in [7, 11) is 0. The Morgan fingerprint density at radius 1 is 1.41 bits per heavy atom. The van der Waals surface area contributed by atoms with Crippen molar-refractivity contribution in [1.82, 2.24) is 5.32 Å². The third-order valence-electron chi connectivity index (χ3n) is 2.88. The van der Waals surface area contributed by atoms with Crippen molar-refractivity contribution >= 4 is 34.0 Å². The fourth-order valence-corrected chi connectivity index (χ4v) is 2.41. The largest absolute Gasteiger partial charge is 0.310 e. The van der Waals surface area contributed by atoms with Crippen molar-refractivity contribution in [3.05, 3.63) is 38.3 Å². The maximum Gasteiger partial charge on any atom is 0.283 e. The van der Waals surface area contributed by atoms with Crippen LogP contribution in [-0.2, 0) is 0 Å². The zero-order valence-corrected chi connectivity index (χ0v) is 11.6. The summed E-state index contributed by atoms with van der Waals surface area (Å²) in [5.74, 6) is 0. The zero-order valence-electron chi connectivity index (χ0n) is 9.19. The molecule has 1 N–H and O–H groups in total. The summed E-state index contributed by atoms with van der Waals surface area (Å²) in [5, 5.41) is 14.2. The van der Waals surface area contributed by atoms with Gasteiger partial charge in [-0.25, -0.2) is 0 Å². The molecule has 1 aliphatic rings. The molecule has 1 atom stereocenters. The van der Waals surface area contributed by atoms with E-state index in [1.54, 1.807) is 12.1 Å². The van der Waals surface area contributed by atoms with Crippen molar-refractivity contribution in [2.24, 2.45) is 0 Å². The average Bonchev–Trinajstić information content (AvgIpc) is 2.30. The van der Waals surface area contributed by atoms with Gasteiger partial charge in [0.15, 0.2) is 0 Å². The van der Waals surface area contributed by atoms with E-state index < -0.39 is 0 Å². The highest BCUT2D eigenvalue weighted by Gasteiger charge is 2.19. The van der Waals surface area contributed by atoms with Crippen molar-refractivity contribution in [2.45, 2.75) is 25.3 Å². The number of nitro groups is 1. The minimum atomic E-state index is -0.351. The van der Waals surface area contributed by atoms with E-state index in [1.165, 1.54) is 12.8 Å². The molecule has 0 aromatic heterocycles. The summed E-state index contributed by atoms with van der Waals surface area (Å²) in [6.07, 6.45) is 3.43. The van der Waals surface area contributed by atoms with Gasteiger partial charge in [-0.2, -0.15) is 0 Å². The Hall–Kier alpha value is -0.650. The SMILES string of the molecule is Cl.O=[N+]([O-])c1cc([C@@H]2CCCCN2)ccc1Br. The first-order valence-corrected chi connectivity index (χ1v) is 6.15. The van der Waals surface area contributed by atoms with Crippen molar-refractivity contribution in [1.29, 1.82) is 0 Å². The lowest BCUT2D eigenvalue weighted by molar-refractivity contribution is -0.385. The maximum absolute atomic E-state index is 10.8. The predicted octanol–water partition coefficient (Wildman–Crippen LogP) is 3.59. The Kier molecular flexibility index (Phi) is 5.36. The van der Waals surface area contributed by atoms with Crippen LogP contribution in [-0.4, -0.2) is 11.5 Å². The lowest BCUT2D eigenvalue weighted by atomic mass is 9.97. The fraction of sp³-hybridized carbons (Fsp3) is 0.455. The molecule has 0 saturated carbocycles. The summed E-state index contributed by atoms with van der Waals surface area (Å²) < 4.78 is 0.539. The van der Waals surface area contributed by atoms with Crippen LogP contribution in [0.2, 0.25) is 0 Å². The van der Waals surface area contributed by atoms with E-state index in [0.29, 0.717) is 4.47 Å². The van der Waals surface area contributed by atoms with E-state index in [2.05, 4.69) is 21.2 Å². The summed E-state index contributed by atoms with van der Waals surface area (Å²) in [6, 6.07) is 5.62. The van der Waals surface area contributed by atoms with Gasteiger partial charge >= 0.3 is 0 Å². The van der Waals surface area contributed by atoms with E-state index in [1.807, 2.05) is 6.07 Å². The van der Waals surface area contributed by atoms with Gasteiger partial charge in [0, 0.05) is 12.1 Å². The van der Waals surface area contributed by atoms with Crippen molar-refractivity contribution < 1.29 is 4.92 Å². The maximum atomic E-state index is 10.8. The van der Waals surface area contributed by atoms with E-state index in [0.717, 1.165) is 18.5 Å². The van der Waals surface area contributed by atoms with Crippen LogP contribution in [0, 0.1) is 10.1 Å². The number of benzene rings is 1. The van der Waals surface area contributed by atoms with Gasteiger partial charge in [0.1, 0.15) is 0 Å². The highest BCUT2D eigenvalue weighted by Crippen LogP contribution is 2.30. The van der Waals surface area contributed by atoms with Crippen molar-refractivity contribution in [2.75, 3.05) is 6.54 Å². The summed E-state index contributed by atoms with van der Waals surface area (Å²) >= 11 is 3.19. The van der Waals surface area contributed by atoms with Crippen LogP contribution >= 0.6 is 28.3 Å². The summed E-state index contributed by atoms with van der Waals surface area (Å²) in [4.78, 5) is 10.5. The van der Waals surface area contributed by atoms with Gasteiger partial charge in [-0.3, -0.25) is 10.1 Å². The molecule has 0 amide bonds. The molecule has 0 unspecified atom stereocenters. The number of hydrogen-bond acceptors (Lipinski definition) is 3. The second-order valence-electron chi connectivity index (χ2n) is 3.97. The topological polar surface area (TPSA) is 55.2 Å². The number of piperidine rings is 1. The third-order valence-corrected chi connectivity index (χ3v) is 3.55. The standard InChI is InChI=1S/C11H13BrN2O2.ClH/c12-9-5-4-8(7-11(9)14(15)16)10-3-1-2-6-13-10;/h4-5,7,10,13H,1-3,6H2;1H/t10-;/m0./s1. The van der Waals surface area contributed by atoms with Crippen molar-refractivity contribution in [3.63, 3.8) is 0 Å². The van der Waals surface area contributed by atoms with Crippen molar-refractivity contribution in [3.8, 4) is 0 Å². The normalized spacial score (nSPS) is 19.5. The van der Waals surface area contributed by atoms with Gasteiger partial charge in [0.05, 0.1) is 9.40 Å². The van der Waals surface area contributed by atoms with E-state index in [4.69, 9.17) is 0 Å². The molecule has 1 saturated heterocycles. The Balaban J connectivity index is 0.00000144. The van der Waals surface area contributed by atoms with Gasteiger partial charge in [-0.05, 0) is 46.9 Å². The average molecular weight is 322 g/mol. The molecule has 0 aliphatic carbocycles. The molecule has 94 valence electrons. The summed E-state index contributed by atoms with van der Waals surface area (Å²) in [6.45, 7) is 0.995. The van der Waals surface area contributed by atoms with Crippen LogP contribution in [0.5, 0.6) is 0 Å². The number of rotatable bonds is 2. The molecule has 1 fully saturated rings. The Morgan fingerprint density at radius 3 is 2.76 bits per heavy atom. The smallest absolute Gasteiger partial charge is 0.283 e. The minimum absolute atomic E-state index is 0. The number of nitrogens with one attached hydrogen (secondary N) is 1. The number of nitrogens with zero attached hydrogens (tertiary/aromatic N) is 1. The monoisotopic (exact) mass is 320 g/mol. The first-order chi connectivity index (χ1) is 7.68. The van der Waals surface area contributed by atoms with Gasteiger partial charge < -0.3 is 5.32 Å². The Bertz CT molecular complexity index is 408. The molecular weight excluding hydrogens is 307 g/mol. The number of nitro benzene ring substituents is 1. The molecule has 0 bridgehead atoms. The third kappa shape index (κ3) is 3.40. The first-order valence-electron chi connectivity index (χ1n) is 5.35. The molecule has 1 aromatic carbocycles. The molecule has 4 nitrogen and oxygen atoms in total. The number of hydrogen-bond donors (Lipinski definition) is 1. The lowest BCUT2D eigenvalue weighted by Crippen LogP contribution is -2.26. The molecule has 17 heavy (non-hydrogen) atoms. The van der Waals surface area contributed by atoms with E-state index in [-0.39, 0.29) is 29.1 Å². The first kappa shape index (κ1) is 14.4. The molecule has 6 heteroatoms. The van der Waals surface area contributed by atoms with E-state index in [9.17, 15) is 10.1 Å². The predicted molar refractivity (Wildman–Crippen MR) is 72.6 cm³/mol. The quantitative estimate of drug-likeness (QED) is 0.669. The van der Waals surface area contributed by atoms with Crippen LogP contribution in [0.1, 0.15) is 30.9 Å². The molecule has 2 rings (SSSR count). The number of halogens is 2. The van der Waals surface area contributed by atoms with Gasteiger partial charge in [0.25, 0.3) is 5.69 Å². The Morgan fingerprint density at radius 2 is 2.18 bits per heavy atom. The van der Waals surface area contributed by atoms with Crippen LogP contribution in [0.15, 0.2) is 22.7 Å². The van der Waals surface area contributed by atoms with Crippen LogP contribution < -0.4 is 5.32 Å². The molecule has 1 aromatic rings. The summed E-state index contributed by atoms with van der Waals surface area (Å²) in [5.41, 5.74) is 1.15. The Labute approximate surface area is 114 Å². The highest BCUT2D eigenvalue weighted by molar-refractivity contribution is 9.10. The van der Waals surface area contributed by atoms with Crippen LogP contribution in [0.4, 0.5) is 5.69 Å². The van der Waals surface area contributed by atoms with Crippen LogP contribution in [0.3, 0.4) is 0 Å². The molecule has 1 aliphatic heterocycles. The lowest BCUT2D eigenvalue weighted by Gasteiger charge is -2.23. The van der Waals surface area contributed by atoms with Crippen LogP contribution in [0.25, 0.3) is 0 Å². The van der Waals surface area contributed by atoms with Gasteiger partial charge in [-0.1, -0.05) is 12.5 Å². The molecule has 0 spiro atoms. The van der Waals surface area contributed by atoms with Gasteiger partial charge in [-0.15, -0.1) is 12.4 Å². The second-order valence-corrected chi connectivity index (χ2v) is 4.82. The molecular formula is C11H14BrClN2O2. The molecule has 0 radical (unpaired) electrons. The fourth-order valence-electron chi connectivity index (χ4n) is 2.02. The zero-order chi connectivity index (χ0) is 11.5. The highest BCUT2D eigenvalue weighted by atomic mass is 79.9. The van der Waals surface area contributed by atoms with Gasteiger partial charge in [0.2, 0.25) is 0 Å². The second kappa shape index (κ2) is 6.33. The minimum Gasteiger partial charge on any atom is -0.310 e. The van der Waals surface area contributed by atoms with E-state index >= 15 is 0 Å². The molecule has 1 heterocycles.